The smallest absolute Gasteiger partial charge is 0.253 e. The first-order chi connectivity index (χ1) is 12.6. The lowest BCUT2D eigenvalue weighted by Gasteiger charge is -2.32. The molecule has 0 aromatic heterocycles. The second kappa shape index (κ2) is 8.86. The van der Waals surface area contributed by atoms with Crippen molar-refractivity contribution >= 4 is 23.4 Å². The van der Waals surface area contributed by atoms with Crippen molar-refractivity contribution in [1.29, 1.82) is 0 Å². The summed E-state index contributed by atoms with van der Waals surface area (Å²) in [5, 5.41) is 3.73. The highest BCUT2D eigenvalue weighted by atomic mass is 35.5. The van der Waals surface area contributed by atoms with Crippen LogP contribution in [0.1, 0.15) is 35.2 Å². The van der Waals surface area contributed by atoms with Crippen molar-refractivity contribution in [3.05, 3.63) is 70.7 Å². The van der Waals surface area contributed by atoms with Gasteiger partial charge in [-0.15, -0.1) is 0 Å². The van der Waals surface area contributed by atoms with Crippen LogP contribution in [-0.4, -0.2) is 35.8 Å². The van der Waals surface area contributed by atoms with E-state index in [2.05, 4.69) is 5.32 Å². The highest BCUT2D eigenvalue weighted by Crippen LogP contribution is 2.16. The summed E-state index contributed by atoms with van der Waals surface area (Å²) in [6.45, 7) is 1.32. The number of piperidine rings is 1. The van der Waals surface area contributed by atoms with E-state index in [1.54, 1.807) is 24.3 Å². The second-order valence-electron chi connectivity index (χ2n) is 6.63. The average Bonchev–Trinajstić information content (AvgIpc) is 2.68. The molecule has 5 heteroatoms. The van der Waals surface area contributed by atoms with Crippen LogP contribution in [0.5, 0.6) is 0 Å². The number of nitrogens with one attached hydrogen (secondary N) is 1. The fraction of sp³-hybridized carbons (Fsp3) is 0.333. The van der Waals surface area contributed by atoms with Gasteiger partial charge in [0.1, 0.15) is 0 Å². The summed E-state index contributed by atoms with van der Waals surface area (Å²) in [7, 11) is 0. The van der Waals surface area contributed by atoms with Crippen LogP contribution in [0.3, 0.4) is 0 Å². The van der Waals surface area contributed by atoms with E-state index in [-0.39, 0.29) is 17.9 Å². The van der Waals surface area contributed by atoms with Crippen LogP contribution in [0, 0.1) is 0 Å². The zero-order chi connectivity index (χ0) is 18.4. The molecular weight excluding hydrogens is 348 g/mol. The molecule has 26 heavy (non-hydrogen) atoms. The van der Waals surface area contributed by atoms with E-state index in [1.165, 1.54) is 5.56 Å². The van der Waals surface area contributed by atoms with Gasteiger partial charge in [-0.2, -0.15) is 0 Å². The Morgan fingerprint density at radius 3 is 2.31 bits per heavy atom. The maximum Gasteiger partial charge on any atom is 0.253 e. The molecule has 1 saturated heterocycles. The lowest BCUT2D eigenvalue weighted by molar-refractivity contribution is -0.122. The molecule has 2 aromatic carbocycles. The number of carbonyl (C=O) groups excluding carboxylic acids is 2. The molecule has 1 aliphatic rings. The molecule has 0 aliphatic carbocycles. The van der Waals surface area contributed by atoms with Crippen LogP contribution < -0.4 is 5.32 Å². The standard InChI is InChI=1S/C21H23ClN2O2/c22-18-9-7-17(8-10-18)21(26)24-14-12-19(13-15-24)23-20(25)11-6-16-4-2-1-3-5-16/h1-5,7-10,19H,6,11-15H2,(H,23,25). The third kappa shape index (κ3) is 5.09. The van der Waals surface area contributed by atoms with Crippen LogP contribution in [0.25, 0.3) is 0 Å². The van der Waals surface area contributed by atoms with Gasteiger partial charge in [-0.3, -0.25) is 9.59 Å². The number of halogens is 1. The topological polar surface area (TPSA) is 49.4 Å². The number of aryl methyl sites for hydroxylation is 1. The van der Waals surface area contributed by atoms with E-state index < -0.39 is 0 Å². The maximum atomic E-state index is 12.5. The van der Waals surface area contributed by atoms with Crippen molar-refractivity contribution in [3.63, 3.8) is 0 Å². The largest absolute Gasteiger partial charge is 0.353 e. The SMILES string of the molecule is O=C(CCc1ccccc1)NC1CCN(C(=O)c2ccc(Cl)cc2)CC1. The van der Waals surface area contributed by atoms with Crippen molar-refractivity contribution in [2.24, 2.45) is 0 Å². The zero-order valence-electron chi connectivity index (χ0n) is 14.7. The summed E-state index contributed by atoms with van der Waals surface area (Å²) in [6.07, 6.45) is 2.82. The molecule has 136 valence electrons. The monoisotopic (exact) mass is 370 g/mol. The Labute approximate surface area is 159 Å². The van der Waals surface area contributed by atoms with Gasteiger partial charge in [0.25, 0.3) is 5.91 Å². The van der Waals surface area contributed by atoms with Gasteiger partial charge in [-0.25, -0.2) is 0 Å². The van der Waals surface area contributed by atoms with Gasteiger partial charge < -0.3 is 10.2 Å². The van der Waals surface area contributed by atoms with Gasteiger partial charge in [0.2, 0.25) is 5.91 Å². The van der Waals surface area contributed by atoms with E-state index in [0.29, 0.717) is 30.1 Å². The highest BCUT2D eigenvalue weighted by molar-refractivity contribution is 6.30. The molecule has 0 atom stereocenters. The van der Waals surface area contributed by atoms with Crippen molar-refractivity contribution < 1.29 is 9.59 Å². The van der Waals surface area contributed by atoms with Crippen molar-refractivity contribution in [2.45, 2.75) is 31.7 Å². The maximum absolute atomic E-state index is 12.5. The Balaban J connectivity index is 1.42. The van der Waals surface area contributed by atoms with Crippen LogP contribution >= 0.6 is 11.6 Å². The minimum Gasteiger partial charge on any atom is -0.353 e. The number of nitrogens with zero attached hydrogens (tertiary/aromatic N) is 1. The molecule has 1 fully saturated rings. The fourth-order valence-corrected chi connectivity index (χ4v) is 3.33. The van der Waals surface area contributed by atoms with E-state index in [0.717, 1.165) is 19.3 Å². The summed E-state index contributed by atoms with van der Waals surface area (Å²) >= 11 is 5.87. The lowest BCUT2D eigenvalue weighted by atomic mass is 10.0. The molecule has 1 aliphatic heterocycles. The van der Waals surface area contributed by atoms with Gasteiger partial charge in [0.05, 0.1) is 0 Å². The van der Waals surface area contributed by atoms with Crippen LogP contribution in [0.2, 0.25) is 5.02 Å². The zero-order valence-corrected chi connectivity index (χ0v) is 15.4. The molecule has 0 saturated carbocycles. The lowest BCUT2D eigenvalue weighted by Crippen LogP contribution is -2.46. The number of likely N-dealkylation sites (tertiary alicyclic amines) is 1. The van der Waals surface area contributed by atoms with Crippen molar-refractivity contribution in [3.8, 4) is 0 Å². The Hall–Kier alpha value is -2.33. The van der Waals surface area contributed by atoms with Crippen LogP contribution in [0.15, 0.2) is 54.6 Å². The third-order valence-electron chi connectivity index (χ3n) is 4.72. The summed E-state index contributed by atoms with van der Waals surface area (Å²) in [6, 6.07) is 17.1. The van der Waals surface area contributed by atoms with Gasteiger partial charge >= 0.3 is 0 Å². The first-order valence-electron chi connectivity index (χ1n) is 9.00. The first-order valence-corrected chi connectivity index (χ1v) is 9.38. The molecule has 2 aromatic rings. The number of amides is 2. The molecule has 2 amide bonds. The first kappa shape index (κ1) is 18.5. The number of hydrogen-bond acceptors (Lipinski definition) is 2. The van der Waals surface area contributed by atoms with E-state index >= 15 is 0 Å². The number of hydrogen-bond donors (Lipinski definition) is 1. The molecule has 0 radical (unpaired) electrons. The second-order valence-corrected chi connectivity index (χ2v) is 7.06. The van der Waals surface area contributed by atoms with Crippen molar-refractivity contribution in [1.82, 2.24) is 10.2 Å². The molecule has 4 nitrogen and oxygen atoms in total. The molecule has 3 rings (SSSR count). The summed E-state index contributed by atoms with van der Waals surface area (Å²) in [4.78, 5) is 26.5. The summed E-state index contributed by atoms with van der Waals surface area (Å²) in [5.41, 5.74) is 1.82. The van der Waals surface area contributed by atoms with E-state index in [9.17, 15) is 9.59 Å². The fourth-order valence-electron chi connectivity index (χ4n) is 3.20. The van der Waals surface area contributed by atoms with Gasteiger partial charge in [0.15, 0.2) is 0 Å². The predicted molar refractivity (Wildman–Crippen MR) is 103 cm³/mol. The third-order valence-corrected chi connectivity index (χ3v) is 4.97. The Bertz CT molecular complexity index is 738. The molecule has 0 unspecified atom stereocenters. The number of carbonyl (C=O) groups is 2. The highest BCUT2D eigenvalue weighted by Gasteiger charge is 2.24. The Morgan fingerprint density at radius 1 is 1.00 bits per heavy atom. The quantitative estimate of drug-likeness (QED) is 0.872. The molecule has 1 N–H and O–H groups in total. The minimum absolute atomic E-state index is 0.0236. The Morgan fingerprint density at radius 2 is 1.65 bits per heavy atom. The molecule has 0 spiro atoms. The van der Waals surface area contributed by atoms with Crippen LogP contribution in [0.4, 0.5) is 0 Å². The summed E-state index contributed by atoms with van der Waals surface area (Å²) < 4.78 is 0. The Kier molecular flexibility index (Phi) is 6.29. The van der Waals surface area contributed by atoms with E-state index in [1.807, 2.05) is 35.2 Å². The van der Waals surface area contributed by atoms with Gasteiger partial charge in [-0.1, -0.05) is 41.9 Å². The van der Waals surface area contributed by atoms with Gasteiger partial charge in [0, 0.05) is 36.1 Å². The van der Waals surface area contributed by atoms with Crippen molar-refractivity contribution in [2.75, 3.05) is 13.1 Å². The molecule has 0 bridgehead atoms. The van der Waals surface area contributed by atoms with Crippen LogP contribution in [-0.2, 0) is 11.2 Å². The normalized spacial score (nSPS) is 14.9. The average molecular weight is 371 g/mol. The summed E-state index contributed by atoms with van der Waals surface area (Å²) in [5.74, 6) is 0.104. The number of benzene rings is 2. The number of rotatable bonds is 5. The van der Waals surface area contributed by atoms with Gasteiger partial charge in [-0.05, 0) is 49.1 Å². The molecule has 1 heterocycles. The molecular formula is C21H23ClN2O2. The minimum atomic E-state index is 0.0236. The predicted octanol–water partition coefficient (Wildman–Crippen LogP) is 3.69. The van der Waals surface area contributed by atoms with E-state index in [4.69, 9.17) is 11.6 Å².